The van der Waals surface area contributed by atoms with Crippen LogP contribution in [0.1, 0.15) is 0 Å². The Morgan fingerprint density at radius 2 is 1.72 bits per heavy atom. The second kappa shape index (κ2) is 5.05. The molecule has 0 aliphatic carbocycles. The molecule has 0 fully saturated rings. The minimum absolute atomic E-state index is 0.0867. The van der Waals surface area contributed by atoms with Crippen molar-refractivity contribution < 1.29 is 4.92 Å². The van der Waals surface area contributed by atoms with Crippen LogP contribution in [-0.2, 0) is 0 Å². The van der Waals surface area contributed by atoms with E-state index < -0.39 is 4.92 Å². The van der Waals surface area contributed by atoms with E-state index in [0.717, 1.165) is 10.2 Å². The van der Waals surface area contributed by atoms with E-state index >= 15 is 0 Å². The van der Waals surface area contributed by atoms with Crippen LogP contribution >= 0.6 is 15.9 Å². The molecule has 2 aromatic rings. The first kappa shape index (κ1) is 12.4. The zero-order valence-corrected chi connectivity index (χ0v) is 10.8. The number of rotatable bonds is 3. The predicted octanol–water partition coefficient (Wildman–Crippen LogP) is 3.68. The van der Waals surface area contributed by atoms with Gasteiger partial charge in [0.05, 0.1) is 4.92 Å². The number of nitrogens with zero attached hydrogens (tertiary/aromatic N) is 1. The van der Waals surface area contributed by atoms with Crippen LogP contribution in [0.25, 0.3) is 0 Å². The highest BCUT2D eigenvalue weighted by Gasteiger charge is 2.10. The highest BCUT2D eigenvalue weighted by atomic mass is 79.9. The van der Waals surface area contributed by atoms with E-state index in [1.807, 2.05) is 24.3 Å². The molecule has 18 heavy (non-hydrogen) atoms. The molecule has 0 bridgehead atoms. The van der Waals surface area contributed by atoms with Crippen molar-refractivity contribution in [2.75, 3.05) is 11.1 Å². The lowest BCUT2D eigenvalue weighted by Gasteiger charge is -2.07. The Balaban J connectivity index is 2.22. The Morgan fingerprint density at radius 1 is 1.11 bits per heavy atom. The molecule has 0 aliphatic rings. The van der Waals surface area contributed by atoms with Gasteiger partial charge >= 0.3 is 0 Å². The number of nitro benzene ring substituents is 1. The summed E-state index contributed by atoms with van der Waals surface area (Å²) in [5, 5.41) is 13.7. The third kappa shape index (κ3) is 2.78. The molecule has 0 spiro atoms. The number of nitrogens with two attached hydrogens (primary N) is 1. The van der Waals surface area contributed by atoms with Crippen LogP contribution in [0.4, 0.5) is 22.7 Å². The average molecular weight is 308 g/mol. The molecule has 0 saturated heterocycles. The van der Waals surface area contributed by atoms with Gasteiger partial charge in [0, 0.05) is 21.9 Å². The van der Waals surface area contributed by atoms with Crippen molar-refractivity contribution in [2.24, 2.45) is 0 Å². The van der Waals surface area contributed by atoms with Crippen molar-refractivity contribution >= 4 is 38.7 Å². The van der Waals surface area contributed by atoms with Crippen molar-refractivity contribution in [1.82, 2.24) is 0 Å². The quantitative estimate of drug-likeness (QED) is 0.515. The van der Waals surface area contributed by atoms with Crippen LogP contribution < -0.4 is 11.1 Å². The van der Waals surface area contributed by atoms with E-state index in [1.165, 1.54) is 6.07 Å². The van der Waals surface area contributed by atoms with Gasteiger partial charge in [0.15, 0.2) is 0 Å². The van der Waals surface area contributed by atoms with Gasteiger partial charge in [-0.3, -0.25) is 10.1 Å². The van der Waals surface area contributed by atoms with Crippen molar-refractivity contribution in [3.63, 3.8) is 0 Å². The summed E-state index contributed by atoms with van der Waals surface area (Å²) in [4.78, 5) is 10.1. The molecular weight excluding hydrogens is 298 g/mol. The topological polar surface area (TPSA) is 81.2 Å². The van der Waals surface area contributed by atoms with E-state index in [1.54, 1.807) is 12.1 Å². The molecule has 0 atom stereocenters. The van der Waals surface area contributed by atoms with E-state index in [-0.39, 0.29) is 11.4 Å². The van der Waals surface area contributed by atoms with Crippen molar-refractivity contribution in [2.45, 2.75) is 0 Å². The van der Waals surface area contributed by atoms with E-state index in [4.69, 9.17) is 5.73 Å². The second-order valence-corrected chi connectivity index (χ2v) is 4.58. The summed E-state index contributed by atoms with van der Waals surface area (Å²) < 4.78 is 0.983. The van der Waals surface area contributed by atoms with Gasteiger partial charge in [0.2, 0.25) is 0 Å². The minimum Gasteiger partial charge on any atom is -0.393 e. The van der Waals surface area contributed by atoms with Crippen molar-refractivity contribution in [1.29, 1.82) is 0 Å². The normalized spacial score (nSPS) is 10.1. The van der Waals surface area contributed by atoms with Crippen molar-refractivity contribution in [3.05, 3.63) is 57.1 Å². The Bertz CT molecular complexity index is 584. The molecule has 5 nitrogen and oxygen atoms in total. The van der Waals surface area contributed by atoms with Gasteiger partial charge in [-0.25, -0.2) is 0 Å². The molecule has 0 aliphatic heterocycles. The summed E-state index contributed by atoms with van der Waals surface area (Å²) in [5.74, 6) is 0. The fourth-order valence-electron chi connectivity index (χ4n) is 1.50. The zero-order valence-electron chi connectivity index (χ0n) is 9.26. The van der Waals surface area contributed by atoms with Crippen LogP contribution in [0.15, 0.2) is 46.9 Å². The molecule has 0 unspecified atom stereocenters. The van der Waals surface area contributed by atoms with Gasteiger partial charge in [0.25, 0.3) is 5.69 Å². The highest BCUT2D eigenvalue weighted by Crippen LogP contribution is 2.27. The first-order chi connectivity index (χ1) is 8.56. The van der Waals surface area contributed by atoms with Gasteiger partial charge in [0.1, 0.15) is 5.69 Å². The Hall–Kier alpha value is -2.08. The van der Waals surface area contributed by atoms with Crippen LogP contribution in [-0.4, -0.2) is 4.92 Å². The van der Waals surface area contributed by atoms with Crippen LogP contribution in [0.2, 0.25) is 0 Å². The number of nitrogens with one attached hydrogen (secondary N) is 1. The summed E-state index contributed by atoms with van der Waals surface area (Å²) in [7, 11) is 0. The number of hydrogen-bond donors (Lipinski definition) is 2. The third-order valence-corrected chi connectivity index (χ3v) is 2.89. The Labute approximate surface area is 112 Å². The molecule has 6 heteroatoms. The summed E-state index contributed by atoms with van der Waals surface area (Å²) in [6.45, 7) is 0. The van der Waals surface area contributed by atoms with Gasteiger partial charge in [-0.1, -0.05) is 15.9 Å². The summed E-state index contributed by atoms with van der Waals surface area (Å²) >= 11 is 3.35. The van der Waals surface area contributed by atoms with Gasteiger partial charge < -0.3 is 11.1 Å². The maximum Gasteiger partial charge on any atom is 0.292 e. The summed E-state index contributed by atoms with van der Waals surface area (Å²) in [5.41, 5.74) is 7.25. The first-order valence-corrected chi connectivity index (χ1v) is 5.92. The molecule has 0 saturated carbocycles. The fourth-order valence-corrected chi connectivity index (χ4v) is 1.76. The third-order valence-electron chi connectivity index (χ3n) is 2.36. The number of nitrogen functional groups attached to an aromatic ring is 1. The zero-order chi connectivity index (χ0) is 13.1. The lowest BCUT2D eigenvalue weighted by atomic mass is 10.2. The van der Waals surface area contributed by atoms with Gasteiger partial charge in [-0.2, -0.15) is 0 Å². The number of anilines is 3. The minimum atomic E-state index is -0.501. The van der Waals surface area contributed by atoms with Crippen LogP contribution in [0.3, 0.4) is 0 Å². The number of benzene rings is 2. The molecule has 0 amide bonds. The predicted molar refractivity (Wildman–Crippen MR) is 74.9 cm³/mol. The fraction of sp³-hybridized carbons (Fsp3) is 0. The maximum absolute atomic E-state index is 10.6. The Morgan fingerprint density at radius 3 is 2.28 bits per heavy atom. The first-order valence-electron chi connectivity index (χ1n) is 5.13. The molecule has 3 N–H and O–H groups in total. The average Bonchev–Trinajstić information content (AvgIpc) is 2.32. The van der Waals surface area contributed by atoms with Crippen molar-refractivity contribution in [3.8, 4) is 0 Å². The van der Waals surface area contributed by atoms with Gasteiger partial charge in [-0.15, -0.1) is 0 Å². The molecule has 0 radical (unpaired) electrons. The van der Waals surface area contributed by atoms with Gasteiger partial charge in [-0.05, 0) is 36.4 Å². The monoisotopic (exact) mass is 307 g/mol. The molecular formula is C12H10BrN3O2. The number of nitro groups is 1. The summed E-state index contributed by atoms with van der Waals surface area (Å²) in [6.07, 6.45) is 0. The second-order valence-electron chi connectivity index (χ2n) is 3.66. The van der Waals surface area contributed by atoms with Crippen LogP contribution in [0.5, 0.6) is 0 Å². The standard InChI is InChI=1S/C12H10BrN3O2/c13-8-1-3-9(4-2-8)15-10-5-6-12(16(17)18)11(14)7-10/h1-7,15H,14H2. The Kier molecular flexibility index (Phi) is 3.47. The smallest absolute Gasteiger partial charge is 0.292 e. The number of hydrogen-bond acceptors (Lipinski definition) is 4. The lowest BCUT2D eigenvalue weighted by Crippen LogP contribution is -1.97. The molecule has 0 heterocycles. The maximum atomic E-state index is 10.6. The molecule has 2 rings (SSSR count). The number of halogens is 1. The molecule has 92 valence electrons. The SMILES string of the molecule is Nc1cc(Nc2ccc(Br)cc2)ccc1[N+](=O)[O-]. The van der Waals surface area contributed by atoms with E-state index in [9.17, 15) is 10.1 Å². The molecule has 0 aromatic heterocycles. The lowest BCUT2D eigenvalue weighted by molar-refractivity contribution is -0.383. The highest BCUT2D eigenvalue weighted by molar-refractivity contribution is 9.10. The van der Waals surface area contributed by atoms with E-state index in [0.29, 0.717) is 5.69 Å². The molecule has 2 aromatic carbocycles. The van der Waals surface area contributed by atoms with Crippen LogP contribution in [0, 0.1) is 10.1 Å². The van der Waals surface area contributed by atoms with E-state index in [2.05, 4.69) is 21.2 Å². The summed E-state index contributed by atoms with van der Waals surface area (Å²) in [6, 6.07) is 12.1. The largest absolute Gasteiger partial charge is 0.393 e.